The molecule has 0 spiro atoms. The summed E-state index contributed by atoms with van der Waals surface area (Å²) in [5.41, 5.74) is 2.06. The van der Waals surface area contributed by atoms with Gasteiger partial charge in [0.1, 0.15) is 10.6 Å². The molecular formula is C15H19BrO3. The van der Waals surface area contributed by atoms with Crippen LogP contribution in [0.2, 0.25) is 0 Å². The number of fused-ring (bicyclic) bond motifs is 1. The third-order valence-electron chi connectivity index (χ3n) is 3.49. The second-order valence-corrected chi connectivity index (χ2v) is 6.23. The molecule has 0 radical (unpaired) electrons. The van der Waals surface area contributed by atoms with Gasteiger partial charge in [-0.05, 0) is 30.4 Å². The number of alkyl halides is 1. The van der Waals surface area contributed by atoms with Crippen molar-refractivity contribution in [2.45, 2.75) is 37.4 Å². The lowest BCUT2D eigenvalue weighted by molar-refractivity contribution is -0.142. The van der Waals surface area contributed by atoms with E-state index in [1.54, 1.807) is 0 Å². The van der Waals surface area contributed by atoms with Crippen LogP contribution in [-0.4, -0.2) is 19.2 Å². The maximum atomic E-state index is 11.9. The van der Waals surface area contributed by atoms with Gasteiger partial charge < -0.3 is 9.47 Å². The second kappa shape index (κ2) is 5.53. The molecule has 2 rings (SSSR count). The quantitative estimate of drug-likeness (QED) is 0.627. The third-order valence-corrected chi connectivity index (χ3v) is 4.35. The molecule has 1 unspecified atom stereocenters. The molecule has 1 heterocycles. The molecule has 1 aliphatic heterocycles. The first-order chi connectivity index (χ1) is 8.97. The molecule has 1 atom stereocenters. The lowest BCUT2D eigenvalue weighted by Crippen LogP contribution is -2.29. The van der Waals surface area contributed by atoms with Crippen molar-refractivity contribution in [3.8, 4) is 5.75 Å². The van der Waals surface area contributed by atoms with E-state index in [1.165, 1.54) is 0 Å². The molecule has 0 N–H and O–H groups in total. The lowest BCUT2D eigenvalue weighted by atomic mass is 9.77. The highest BCUT2D eigenvalue weighted by molar-refractivity contribution is 9.09. The van der Waals surface area contributed by atoms with Gasteiger partial charge in [-0.25, -0.2) is 0 Å². The summed E-state index contributed by atoms with van der Waals surface area (Å²) < 4.78 is 10.8. The Bertz CT molecular complexity index is 482. The van der Waals surface area contributed by atoms with Gasteiger partial charge in [-0.3, -0.25) is 4.79 Å². The molecule has 19 heavy (non-hydrogen) atoms. The van der Waals surface area contributed by atoms with Crippen LogP contribution in [0.15, 0.2) is 18.2 Å². The Morgan fingerprint density at radius 1 is 1.53 bits per heavy atom. The molecule has 0 saturated carbocycles. The molecule has 0 saturated heterocycles. The van der Waals surface area contributed by atoms with Crippen molar-refractivity contribution in [2.75, 3.05) is 13.2 Å². The Labute approximate surface area is 122 Å². The van der Waals surface area contributed by atoms with Gasteiger partial charge in [-0.2, -0.15) is 0 Å². The van der Waals surface area contributed by atoms with Gasteiger partial charge >= 0.3 is 5.97 Å². The van der Waals surface area contributed by atoms with Crippen LogP contribution in [0.5, 0.6) is 5.75 Å². The highest BCUT2D eigenvalue weighted by Gasteiger charge is 2.34. The van der Waals surface area contributed by atoms with E-state index in [-0.39, 0.29) is 11.4 Å². The molecule has 0 aromatic heterocycles. The van der Waals surface area contributed by atoms with Crippen LogP contribution in [0.4, 0.5) is 0 Å². The van der Waals surface area contributed by atoms with Crippen molar-refractivity contribution in [3.05, 3.63) is 29.3 Å². The number of carbonyl (C=O) groups is 1. The molecule has 0 amide bonds. The molecular weight excluding hydrogens is 308 g/mol. The van der Waals surface area contributed by atoms with E-state index in [9.17, 15) is 4.79 Å². The molecule has 4 heteroatoms. The molecule has 0 aliphatic carbocycles. The fraction of sp³-hybridized carbons (Fsp3) is 0.533. The normalized spacial score (nSPS) is 18.1. The lowest BCUT2D eigenvalue weighted by Gasteiger charge is -2.35. The van der Waals surface area contributed by atoms with Crippen LogP contribution in [0.25, 0.3) is 0 Å². The summed E-state index contributed by atoms with van der Waals surface area (Å²) in [5.74, 6) is 0.625. The van der Waals surface area contributed by atoms with Crippen LogP contribution < -0.4 is 4.74 Å². The van der Waals surface area contributed by atoms with E-state index in [4.69, 9.17) is 9.47 Å². The Morgan fingerprint density at radius 3 is 2.95 bits per heavy atom. The molecule has 1 aromatic carbocycles. The zero-order valence-electron chi connectivity index (χ0n) is 11.5. The van der Waals surface area contributed by atoms with Crippen molar-refractivity contribution < 1.29 is 14.3 Å². The zero-order valence-corrected chi connectivity index (χ0v) is 13.1. The summed E-state index contributed by atoms with van der Waals surface area (Å²) in [7, 11) is 0. The number of hydrogen-bond donors (Lipinski definition) is 0. The maximum absolute atomic E-state index is 11.9. The summed E-state index contributed by atoms with van der Waals surface area (Å²) in [4.78, 5) is 11.5. The average Bonchev–Trinajstić information content (AvgIpc) is 2.37. The summed E-state index contributed by atoms with van der Waals surface area (Å²) >= 11 is 3.45. The van der Waals surface area contributed by atoms with E-state index in [0.29, 0.717) is 6.61 Å². The number of hydrogen-bond acceptors (Lipinski definition) is 3. The standard InChI is InChI=1S/C15H19BrO3/c1-4-18-14(17)13(16)10-6-5-7-11-12(10)15(2,3)8-9-19-11/h5-7,13H,4,8-9H2,1-3H3. The van der Waals surface area contributed by atoms with Gasteiger partial charge in [0.25, 0.3) is 0 Å². The van der Waals surface area contributed by atoms with E-state index >= 15 is 0 Å². The Morgan fingerprint density at radius 2 is 2.26 bits per heavy atom. The van der Waals surface area contributed by atoms with Gasteiger partial charge in [0.15, 0.2) is 0 Å². The van der Waals surface area contributed by atoms with Crippen LogP contribution in [0.1, 0.15) is 43.1 Å². The van der Waals surface area contributed by atoms with E-state index in [1.807, 2.05) is 25.1 Å². The molecule has 1 aromatic rings. The minimum absolute atomic E-state index is 0.00267. The summed E-state index contributed by atoms with van der Waals surface area (Å²) in [5, 5.41) is 0. The number of halogens is 1. The SMILES string of the molecule is CCOC(=O)C(Br)c1cccc2c1C(C)(C)CCO2. The number of ether oxygens (including phenoxy) is 2. The number of esters is 1. The van der Waals surface area contributed by atoms with E-state index in [2.05, 4.69) is 29.8 Å². The fourth-order valence-electron chi connectivity index (χ4n) is 2.49. The maximum Gasteiger partial charge on any atom is 0.324 e. The Balaban J connectivity index is 2.45. The zero-order chi connectivity index (χ0) is 14.0. The third kappa shape index (κ3) is 2.78. The summed E-state index contributed by atoms with van der Waals surface area (Å²) in [6, 6.07) is 5.85. The van der Waals surface area contributed by atoms with Crippen molar-refractivity contribution in [3.63, 3.8) is 0 Å². The number of benzene rings is 1. The van der Waals surface area contributed by atoms with Gasteiger partial charge in [-0.15, -0.1) is 0 Å². The van der Waals surface area contributed by atoms with Gasteiger partial charge in [0.2, 0.25) is 0 Å². The fourth-order valence-corrected chi connectivity index (χ4v) is 3.00. The minimum atomic E-state index is -0.441. The predicted molar refractivity (Wildman–Crippen MR) is 77.9 cm³/mol. The first-order valence-corrected chi connectivity index (χ1v) is 7.46. The topological polar surface area (TPSA) is 35.5 Å². The monoisotopic (exact) mass is 326 g/mol. The first-order valence-electron chi connectivity index (χ1n) is 6.54. The van der Waals surface area contributed by atoms with Crippen LogP contribution in [0, 0.1) is 0 Å². The van der Waals surface area contributed by atoms with Crippen LogP contribution in [-0.2, 0) is 14.9 Å². The van der Waals surface area contributed by atoms with Crippen molar-refractivity contribution in [1.29, 1.82) is 0 Å². The highest BCUT2D eigenvalue weighted by Crippen LogP contribution is 2.44. The smallest absolute Gasteiger partial charge is 0.324 e. The molecule has 3 nitrogen and oxygen atoms in total. The van der Waals surface area contributed by atoms with Crippen molar-refractivity contribution in [1.82, 2.24) is 0 Å². The second-order valence-electron chi connectivity index (χ2n) is 5.32. The number of carbonyl (C=O) groups excluding carboxylic acids is 1. The van der Waals surface area contributed by atoms with E-state index in [0.717, 1.165) is 29.9 Å². The Kier molecular flexibility index (Phi) is 4.19. The van der Waals surface area contributed by atoms with E-state index < -0.39 is 4.83 Å². The average molecular weight is 327 g/mol. The molecule has 104 valence electrons. The van der Waals surface area contributed by atoms with Crippen molar-refractivity contribution >= 4 is 21.9 Å². The van der Waals surface area contributed by atoms with Crippen LogP contribution >= 0.6 is 15.9 Å². The summed E-state index contributed by atoms with van der Waals surface area (Å²) in [6.07, 6.45) is 0.944. The summed E-state index contributed by atoms with van der Waals surface area (Å²) in [6.45, 7) is 7.28. The Hall–Kier alpha value is -1.03. The first kappa shape index (κ1) is 14.4. The largest absolute Gasteiger partial charge is 0.493 e. The van der Waals surface area contributed by atoms with Gasteiger partial charge in [0.05, 0.1) is 13.2 Å². The number of rotatable bonds is 3. The molecule has 0 fully saturated rings. The molecule has 1 aliphatic rings. The molecule has 0 bridgehead atoms. The van der Waals surface area contributed by atoms with Crippen LogP contribution in [0.3, 0.4) is 0 Å². The highest BCUT2D eigenvalue weighted by atomic mass is 79.9. The van der Waals surface area contributed by atoms with Gasteiger partial charge in [-0.1, -0.05) is 41.9 Å². The van der Waals surface area contributed by atoms with Crippen molar-refractivity contribution in [2.24, 2.45) is 0 Å². The van der Waals surface area contributed by atoms with Gasteiger partial charge in [0, 0.05) is 5.56 Å². The minimum Gasteiger partial charge on any atom is -0.493 e. The predicted octanol–water partition coefficient (Wildman–Crippen LogP) is 3.75.